The van der Waals surface area contributed by atoms with Crippen molar-refractivity contribution in [2.45, 2.75) is 18.9 Å². The van der Waals surface area contributed by atoms with Crippen molar-refractivity contribution in [1.29, 1.82) is 0 Å². The number of fused-ring (bicyclic) bond motifs is 1. The zero-order chi connectivity index (χ0) is 18.6. The molecule has 1 aromatic heterocycles. The molecule has 0 bridgehead atoms. The number of nitrogens with zero attached hydrogens (tertiary/aromatic N) is 2. The van der Waals surface area contributed by atoms with Gasteiger partial charge in [-0.2, -0.15) is 0 Å². The van der Waals surface area contributed by atoms with Crippen LogP contribution in [0.25, 0.3) is 10.9 Å². The SMILES string of the molecule is NC(=O)CN1CCC(c2ccc(OCc3ccc4ccccc4n3)cc2)C1. The molecule has 27 heavy (non-hydrogen) atoms. The van der Waals surface area contributed by atoms with E-state index in [2.05, 4.69) is 34.1 Å². The van der Waals surface area contributed by atoms with Crippen molar-refractivity contribution in [1.82, 2.24) is 9.88 Å². The highest BCUT2D eigenvalue weighted by Gasteiger charge is 2.24. The minimum atomic E-state index is -0.262. The zero-order valence-electron chi connectivity index (χ0n) is 15.2. The standard InChI is InChI=1S/C22H23N3O2/c23-22(26)14-25-12-11-18(13-25)16-6-9-20(10-7-16)27-15-19-8-5-17-3-1-2-4-21(17)24-19/h1-10,18H,11-15H2,(H2,23,26). The minimum Gasteiger partial charge on any atom is -0.487 e. The van der Waals surface area contributed by atoms with Gasteiger partial charge >= 0.3 is 0 Å². The first kappa shape index (κ1) is 17.5. The van der Waals surface area contributed by atoms with Crippen LogP contribution < -0.4 is 10.5 Å². The molecule has 3 aromatic rings. The van der Waals surface area contributed by atoms with Gasteiger partial charge in [0.1, 0.15) is 12.4 Å². The summed E-state index contributed by atoms with van der Waals surface area (Å²) in [5.41, 5.74) is 8.46. The lowest BCUT2D eigenvalue weighted by atomic mass is 9.98. The van der Waals surface area contributed by atoms with Crippen molar-refractivity contribution in [3.8, 4) is 5.75 Å². The number of ether oxygens (including phenoxy) is 1. The van der Waals surface area contributed by atoms with Crippen molar-refractivity contribution < 1.29 is 9.53 Å². The van der Waals surface area contributed by atoms with Gasteiger partial charge in [-0.25, -0.2) is 4.98 Å². The minimum absolute atomic E-state index is 0.262. The maximum absolute atomic E-state index is 11.1. The van der Waals surface area contributed by atoms with E-state index in [0.717, 1.165) is 41.9 Å². The lowest BCUT2D eigenvalue weighted by Crippen LogP contribution is -2.31. The summed E-state index contributed by atoms with van der Waals surface area (Å²) in [6.45, 7) is 2.58. The number of para-hydroxylation sites is 1. The molecule has 1 aliphatic heterocycles. The molecule has 0 spiro atoms. The number of likely N-dealkylation sites (tertiary alicyclic amines) is 1. The molecule has 1 amide bonds. The van der Waals surface area contributed by atoms with Gasteiger partial charge in [0, 0.05) is 11.9 Å². The second-order valence-electron chi connectivity index (χ2n) is 7.04. The van der Waals surface area contributed by atoms with Crippen molar-refractivity contribution >= 4 is 16.8 Å². The van der Waals surface area contributed by atoms with E-state index < -0.39 is 0 Å². The highest BCUT2D eigenvalue weighted by molar-refractivity contribution is 5.78. The molecule has 1 atom stereocenters. The first-order valence-electron chi connectivity index (χ1n) is 9.25. The molecule has 0 aliphatic carbocycles. The molecule has 1 unspecified atom stereocenters. The molecular weight excluding hydrogens is 338 g/mol. The van der Waals surface area contributed by atoms with Gasteiger partial charge in [-0.15, -0.1) is 0 Å². The highest BCUT2D eigenvalue weighted by atomic mass is 16.5. The smallest absolute Gasteiger partial charge is 0.231 e. The molecule has 1 aliphatic rings. The molecule has 0 saturated carbocycles. The molecular formula is C22H23N3O2. The predicted octanol–water partition coefficient (Wildman–Crippen LogP) is 3.09. The summed E-state index contributed by atoms with van der Waals surface area (Å²) in [5, 5.41) is 1.13. The van der Waals surface area contributed by atoms with Crippen LogP contribution in [0, 0.1) is 0 Å². The van der Waals surface area contributed by atoms with Gasteiger partial charge < -0.3 is 10.5 Å². The largest absolute Gasteiger partial charge is 0.487 e. The number of hydrogen-bond acceptors (Lipinski definition) is 4. The van der Waals surface area contributed by atoms with Crippen LogP contribution in [0.3, 0.4) is 0 Å². The molecule has 138 valence electrons. The van der Waals surface area contributed by atoms with Gasteiger partial charge in [0.05, 0.1) is 17.8 Å². The average Bonchev–Trinajstić information content (AvgIpc) is 3.14. The second-order valence-corrected chi connectivity index (χ2v) is 7.04. The Kier molecular flexibility index (Phi) is 5.03. The van der Waals surface area contributed by atoms with E-state index in [1.54, 1.807) is 0 Å². The number of nitrogens with two attached hydrogens (primary N) is 1. The summed E-state index contributed by atoms with van der Waals surface area (Å²) in [7, 11) is 0. The molecule has 2 N–H and O–H groups in total. The fraction of sp³-hybridized carbons (Fsp3) is 0.273. The Morgan fingerprint density at radius 3 is 2.74 bits per heavy atom. The van der Waals surface area contributed by atoms with Crippen molar-refractivity contribution in [2.75, 3.05) is 19.6 Å². The highest BCUT2D eigenvalue weighted by Crippen LogP contribution is 2.28. The summed E-state index contributed by atoms with van der Waals surface area (Å²) in [6.07, 6.45) is 1.05. The Labute approximate surface area is 158 Å². The molecule has 1 saturated heterocycles. The van der Waals surface area contributed by atoms with E-state index in [9.17, 15) is 4.79 Å². The Hall–Kier alpha value is -2.92. The molecule has 5 heteroatoms. The van der Waals surface area contributed by atoms with E-state index in [1.807, 2.05) is 36.4 Å². The van der Waals surface area contributed by atoms with Gasteiger partial charge in [0.25, 0.3) is 0 Å². The third-order valence-electron chi connectivity index (χ3n) is 5.05. The number of carbonyl (C=O) groups excluding carboxylic acids is 1. The molecule has 5 nitrogen and oxygen atoms in total. The van der Waals surface area contributed by atoms with Crippen LogP contribution in [-0.2, 0) is 11.4 Å². The van der Waals surface area contributed by atoms with E-state index in [4.69, 9.17) is 10.5 Å². The molecule has 2 heterocycles. The molecule has 0 radical (unpaired) electrons. The number of benzene rings is 2. The van der Waals surface area contributed by atoms with Crippen LogP contribution in [0.2, 0.25) is 0 Å². The lowest BCUT2D eigenvalue weighted by molar-refractivity contribution is -0.118. The summed E-state index contributed by atoms with van der Waals surface area (Å²) in [5.74, 6) is 1.02. The first-order chi connectivity index (χ1) is 13.2. The number of aromatic nitrogens is 1. The third-order valence-corrected chi connectivity index (χ3v) is 5.05. The van der Waals surface area contributed by atoms with E-state index in [1.165, 1.54) is 5.56 Å². The summed E-state index contributed by atoms with van der Waals surface area (Å²) >= 11 is 0. The number of carbonyl (C=O) groups is 1. The number of pyridine rings is 1. The van der Waals surface area contributed by atoms with Gasteiger partial charge in [-0.05, 0) is 48.7 Å². The van der Waals surface area contributed by atoms with E-state index >= 15 is 0 Å². The molecule has 2 aromatic carbocycles. The maximum atomic E-state index is 11.1. The Balaban J connectivity index is 1.35. The van der Waals surface area contributed by atoms with Crippen molar-refractivity contribution in [3.63, 3.8) is 0 Å². The number of hydrogen-bond donors (Lipinski definition) is 1. The first-order valence-corrected chi connectivity index (χ1v) is 9.25. The van der Waals surface area contributed by atoms with Crippen LogP contribution >= 0.6 is 0 Å². The van der Waals surface area contributed by atoms with Crippen molar-refractivity contribution in [3.05, 3.63) is 71.9 Å². The maximum Gasteiger partial charge on any atom is 0.231 e. The van der Waals surface area contributed by atoms with Crippen molar-refractivity contribution in [2.24, 2.45) is 5.73 Å². The Bertz CT molecular complexity index is 940. The van der Waals surface area contributed by atoms with Crippen LogP contribution in [0.4, 0.5) is 0 Å². The second kappa shape index (κ2) is 7.76. The van der Waals surface area contributed by atoms with Gasteiger partial charge in [0.2, 0.25) is 5.91 Å². The lowest BCUT2D eigenvalue weighted by Gasteiger charge is -2.14. The van der Waals surface area contributed by atoms with Gasteiger partial charge in [-0.1, -0.05) is 36.4 Å². The number of primary amides is 1. The third kappa shape index (κ3) is 4.26. The molecule has 4 rings (SSSR count). The quantitative estimate of drug-likeness (QED) is 0.733. The monoisotopic (exact) mass is 361 g/mol. The number of rotatable bonds is 6. The normalized spacial score (nSPS) is 17.3. The van der Waals surface area contributed by atoms with E-state index in [-0.39, 0.29) is 5.91 Å². The predicted molar refractivity (Wildman–Crippen MR) is 106 cm³/mol. The Morgan fingerprint density at radius 2 is 1.93 bits per heavy atom. The van der Waals surface area contributed by atoms with Gasteiger partial charge in [-0.3, -0.25) is 9.69 Å². The van der Waals surface area contributed by atoms with Crippen LogP contribution in [0.1, 0.15) is 23.6 Å². The van der Waals surface area contributed by atoms with Crippen LogP contribution in [0.15, 0.2) is 60.7 Å². The fourth-order valence-electron chi connectivity index (χ4n) is 3.65. The van der Waals surface area contributed by atoms with Gasteiger partial charge in [0.15, 0.2) is 0 Å². The van der Waals surface area contributed by atoms with Crippen LogP contribution in [-0.4, -0.2) is 35.4 Å². The average molecular weight is 361 g/mol. The molecule has 1 fully saturated rings. The fourth-order valence-corrected chi connectivity index (χ4v) is 3.65. The summed E-state index contributed by atoms with van der Waals surface area (Å²) < 4.78 is 5.90. The number of amides is 1. The van der Waals surface area contributed by atoms with E-state index in [0.29, 0.717) is 19.1 Å². The van der Waals surface area contributed by atoms with Crippen LogP contribution in [0.5, 0.6) is 5.75 Å². The summed E-state index contributed by atoms with van der Waals surface area (Å²) in [4.78, 5) is 17.8. The Morgan fingerprint density at radius 1 is 1.11 bits per heavy atom. The zero-order valence-corrected chi connectivity index (χ0v) is 15.2. The summed E-state index contributed by atoms with van der Waals surface area (Å²) in [6, 6.07) is 20.4. The topological polar surface area (TPSA) is 68.5 Å².